The van der Waals surface area contributed by atoms with E-state index in [1.165, 1.54) is 0 Å². The van der Waals surface area contributed by atoms with Crippen LogP contribution in [0.25, 0.3) is 10.8 Å². The van der Waals surface area contributed by atoms with Crippen LogP contribution in [0.3, 0.4) is 0 Å². The van der Waals surface area contributed by atoms with Crippen LogP contribution in [0.15, 0.2) is 16.9 Å². The summed E-state index contributed by atoms with van der Waals surface area (Å²) in [7, 11) is 0. The first-order valence-electron chi connectivity index (χ1n) is 8.28. The van der Waals surface area contributed by atoms with Gasteiger partial charge in [-0.25, -0.2) is 9.59 Å². The normalized spacial score (nSPS) is 10.3. The van der Waals surface area contributed by atoms with Gasteiger partial charge in [0.25, 0.3) is 0 Å². The number of aromatic hydroxyl groups is 1. The summed E-state index contributed by atoms with van der Waals surface area (Å²) in [4.78, 5) is 70.5. The van der Waals surface area contributed by atoms with E-state index >= 15 is 0 Å². The molecule has 0 atom stereocenters. The Balaban J connectivity index is 3.34. The molecule has 31 heavy (non-hydrogen) atoms. The van der Waals surface area contributed by atoms with Gasteiger partial charge < -0.3 is 29.5 Å². The highest BCUT2D eigenvalue weighted by molar-refractivity contribution is 6.14. The van der Waals surface area contributed by atoms with Gasteiger partial charge in [-0.2, -0.15) is 0 Å². The van der Waals surface area contributed by atoms with Crippen LogP contribution in [0.5, 0.6) is 23.0 Å². The number of benzene rings is 1. The molecule has 0 heterocycles. The molecule has 0 saturated heterocycles. The van der Waals surface area contributed by atoms with Crippen LogP contribution >= 0.6 is 0 Å². The monoisotopic (exact) mass is 434 g/mol. The smallest absolute Gasteiger partial charge is 0.337 e. The van der Waals surface area contributed by atoms with E-state index in [0.717, 1.165) is 26.8 Å². The van der Waals surface area contributed by atoms with Gasteiger partial charge in [0.1, 0.15) is 0 Å². The zero-order chi connectivity index (χ0) is 23.6. The molecule has 0 unspecified atom stereocenters. The Morgan fingerprint density at radius 1 is 0.774 bits per heavy atom. The van der Waals surface area contributed by atoms with E-state index in [-0.39, 0.29) is 0 Å². The highest BCUT2D eigenvalue weighted by atomic mass is 16.6. The lowest BCUT2D eigenvalue weighted by molar-refractivity contribution is -0.135. The van der Waals surface area contributed by atoms with Crippen LogP contribution in [0.2, 0.25) is 0 Å². The number of esters is 3. The predicted octanol–water partition coefficient (Wildman–Crippen LogP) is 1.08. The van der Waals surface area contributed by atoms with Crippen LogP contribution in [0.1, 0.15) is 41.5 Å². The molecule has 0 spiro atoms. The van der Waals surface area contributed by atoms with Gasteiger partial charge in [0.05, 0.1) is 16.5 Å². The summed E-state index contributed by atoms with van der Waals surface area (Å²) in [5.41, 5.74) is -3.33. The minimum absolute atomic E-state index is 0.357. The first kappa shape index (κ1) is 22.8. The van der Waals surface area contributed by atoms with Gasteiger partial charge in [0.2, 0.25) is 11.2 Å². The Kier molecular flexibility index (Phi) is 6.24. The van der Waals surface area contributed by atoms with Crippen molar-refractivity contribution in [3.63, 3.8) is 0 Å². The number of ether oxygens (including phenoxy) is 3. The molecule has 2 aromatic rings. The molecule has 0 aliphatic carbocycles. The SMILES string of the molecule is CC(=O)Oc1cc2c(C(=O)O)c(C(=O)O)cc(=O)c(O)c2c(OC(C)=O)c1OC(C)=O. The molecule has 162 valence electrons. The summed E-state index contributed by atoms with van der Waals surface area (Å²) in [5.74, 6) is -10.1. The molecule has 0 bridgehead atoms. The van der Waals surface area contributed by atoms with Crippen LogP contribution < -0.4 is 19.6 Å². The second-order valence-corrected chi connectivity index (χ2v) is 5.99. The van der Waals surface area contributed by atoms with E-state index in [1.54, 1.807) is 0 Å². The van der Waals surface area contributed by atoms with E-state index in [2.05, 4.69) is 0 Å². The highest BCUT2D eigenvalue weighted by Crippen LogP contribution is 2.47. The molecule has 0 aromatic heterocycles. The third kappa shape index (κ3) is 4.58. The molecule has 12 heteroatoms. The van der Waals surface area contributed by atoms with Crippen molar-refractivity contribution < 1.29 is 53.5 Å². The maximum absolute atomic E-state index is 12.3. The van der Waals surface area contributed by atoms with Gasteiger partial charge >= 0.3 is 29.8 Å². The van der Waals surface area contributed by atoms with Crippen molar-refractivity contribution in [2.24, 2.45) is 0 Å². The van der Waals surface area contributed by atoms with Crippen molar-refractivity contribution in [1.82, 2.24) is 0 Å². The molecule has 0 amide bonds. The van der Waals surface area contributed by atoms with E-state index in [0.29, 0.717) is 6.07 Å². The molecule has 0 aliphatic rings. The average Bonchev–Trinajstić information content (AvgIpc) is 2.72. The summed E-state index contributed by atoms with van der Waals surface area (Å²) in [6.07, 6.45) is 0. The maximum atomic E-state index is 12.3. The number of fused-ring (bicyclic) bond motifs is 1. The van der Waals surface area contributed by atoms with Crippen molar-refractivity contribution >= 4 is 40.6 Å². The molecular formula is C19H14O12. The number of carboxylic acids is 2. The van der Waals surface area contributed by atoms with Crippen LogP contribution in [0, 0.1) is 0 Å². The van der Waals surface area contributed by atoms with Crippen molar-refractivity contribution in [1.29, 1.82) is 0 Å². The van der Waals surface area contributed by atoms with E-state index in [9.17, 15) is 44.1 Å². The number of carbonyl (C=O) groups is 5. The lowest BCUT2D eigenvalue weighted by Crippen LogP contribution is -2.12. The Morgan fingerprint density at radius 2 is 1.29 bits per heavy atom. The van der Waals surface area contributed by atoms with Gasteiger partial charge in [0, 0.05) is 32.2 Å². The maximum Gasteiger partial charge on any atom is 0.337 e. The molecular weight excluding hydrogens is 420 g/mol. The Bertz CT molecular complexity index is 1230. The van der Waals surface area contributed by atoms with Crippen LogP contribution in [-0.2, 0) is 14.4 Å². The van der Waals surface area contributed by atoms with Gasteiger partial charge in [0.15, 0.2) is 17.2 Å². The lowest BCUT2D eigenvalue weighted by atomic mass is 10.0. The molecule has 3 N–H and O–H groups in total. The third-order valence-corrected chi connectivity index (χ3v) is 3.68. The topological polar surface area (TPSA) is 191 Å². The minimum atomic E-state index is -1.83. The number of hydrogen-bond acceptors (Lipinski definition) is 10. The zero-order valence-corrected chi connectivity index (χ0v) is 16.2. The van der Waals surface area contributed by atoms with Gasteiger partial charge in [-0.05, 0) is 6.07 Å². The molecule has 0 saturated carbocycles. The number of carboxylic acid groups (broad SMARTS) is 2. The number of rotatable bonds is 5. The molecule has 0 aliphatic heterocycles. The second-order valence-electron chi connectivity index (χ2n) is 5.99. The van der Waals surface area contributed by atoms with E-state index in [4.69, 9.17) is 14.2 Å². The van der Waals surface area contributed by atoms with Gasteiger partial charge in [-0.1, -0.05) is 0 Å². The predicted molar refractivity (Wildman–Crippen MR) is 99.7 cm³/mol. The summed E-state index contributed by atoms with van der Waals surface area (Å²) < 4.78 is 14.8. The lowest BCUT2D eigenvalue weighted by Gasteiger charge is -2.16. The quantitative estimate of drug-likeness (QED) is 0.449. The van der Waals surface area contributed by atoms with Gasteiger partial charge in [-0.15, -0.1) is 0 Å². The third-order valence-electron chi connectivity index (χ3n) is 3.68. The molecule has 0 radical (unpaired) electrons. The highest BCUT2D eigenvalue weighted by Gasteiger charge is 2.29. The number of carbonyl (C=O) groups excluding carboxylic acids is 3. The summed E-state index contributed by atoms with van der Waals surface area (Å²) >= 11 is 0. The molecule has 2 aromatic carbocycles. The Labute approximate surface area is 172 Å². The first-order valence-corrected chi connectivity index (χ1v) is 8.28. The second kappa shape index (κ2) is 8.49. The van der Waals surface area contributed by atoms with Crippen molar-refractivity contribution in [2.45, 2.75) is 20.8 Å². The number of aromatic carboxylic acids is 2. The minimum Gasteiger partial charge on any atom is -0.504 e. The first-order chi connectivity index (χ1) is 14.3. The molecule has 0 fully saturated rings. The van der Waals surface area contributed by atoms with E-state index < -0.39 is 80.2 Å². The van der Waals surface area contributed by atoms with E-state index in [1.807, 2.05) is 0 Å². The Hall–Kier alpha value is -4.48. The van der Waals surface area contributed by atoms with Crippen LogP contribution in [-0.4, -0.2) is 45.2 Å². The summed E-state index contributed by atoms with van der Waals surface area (Å²) in [6.45, 7) is 2.79. The molecule has 2 rings (SSSR count). The van der Waals surface area contributed by atoms with Crippen LogP contribution in [0.4, 0.5) is 0 Å². The fourth-order valence-corrected chi connectivity index (χ4v) is 2.70. The fraction of sp³-hybridized carbons (Fsp3) is 0.158. The summed E-state index contributed by atoms with van der Waals surface area (Å²) in [5, 5.41) is 28.0. The van der Waals surface area contributed by atoms with Crippen molar-refractivity contribution in [3.05, 3.63) is 33.5 Å². The largest absolute Gasteiger partial charge is 0.504 e. The summed E-state index contributed by atoms with van der Waals surface area (Å²) in [6, 6.07) is 1.12. The van der Waals surface area contributed by atoms with Crippen molar-refractivity contribution in [2.75, 3.05) is 0 Å². The Morgan fingerprint density at radius 3 is 1.74 bits per heavy atom. The standard InChI is InChI=1S/C19H14O12/c1-6(20)29-12-5-9-13(19(27)28)10(18(25)26)4-11(23)15(24)14(9)17(31-8(3)22)16(12)30-7(2)21/h4-5H,1-3H3,(H,23,24)(H,25,26)(H,27,28). The zero-order valence-electron chi connectivity index (χ0n) is 16.2. The fourth-order valence-electron chi connectivity index (χ4n) is 2.70. The van der Waals surface area contributed by atoms with Gasteiger partial charge in [-0.3, -0.25) is 19.2 Å². The van der Waals surface area contributed by atoms with Crippen molar-refractivity contribution in [3.8, 4) is 23.0 Å². The average molecular weight is 434 g/mol. The molecule has 12 nitrogen and oxygen atoms in total. The number of hydrogen-bond donors (Lipinski definition) is 3.